The average Bonchev–Trinajstić information content (AvgIpc) is 2.34. The zero-order valence-corrected chi connectivity index (χ0v) is 11.3. The molecule has 0 fully saturated rings. The zero-order chi connectivity index (χ0) is 14.3. The second kappa shape index (κ2) is 7.51. The van der Waals surface area contributed by atoms with Crippen LogP contribution < -0.4 is 5.32 Å². The van der Waals surface area contributed by atoms with Gasteiger partial charge >= 0.3 is 5.97 Å². The Balaban J connectivity index is 2.40. The molecular weight excluding hydrogens is 244 g/mol. The Kier molecular flexibility index (Phi) is 5.99. The first-order valence-electron chi connectivity index (χ1n) is 6.48. The van der Waals surface area contributed by atoms with Gasteiger partial charge in [-0.05, 0) is 24.5 Å². The smallest absolute Gasteiger partial charge is 0.335 e. The molecule has 0 spiro atoms. The average molecular weight is 264 g/mol. The van der Waals surface area contributed by atoms with Crippen molar-refractivity contribution in [2.75, 3.05) is 5.32 Å². The number of carbonyl (C=O) groups is 2. The van der Waals surface area contributed by atoms with Crippen molar-refractivity contribution in [1.29, 1.82) is 0 Å². The van der Waals surface area contributed by atoms with Gasteiger partial charge in [0.2, 0.25) is 5.91 Å². The Labute approximate surface area is 113 Å². The lowest BCUT2D eigenvalue weighted by Gasteiger charge is -2.06. The highest BCUT2D eigenvalue weighted by Gasteiger charge is 2.07. The van der Waals surface area contributed by atoms with Gasteiger partial charge in [-0.25, -0.2) is 9.78 Å². The molecule has 2 N–H and O–H groups in total. The number of anilines is 1. The maximum Gasteiger partial charge on any atom is 0.335 e. The summed E-state index contributed by atoms with van der Waals surface area (Å²) in [5.74, 6) is -0.223. The number of nitrogens with zero attached hydrogens (tertiary/aromatic N) is 1. The van der Waals surface area contributed by atoms with E-state index in [1.807, 2.05) is 0 Å². The molecule has 1 aromatic heterocycles. The Bertz CT molecular complexity index is 444. The Morgan fingerprint density at radius 3 is 2.74 bits per heavy atom. The summed E-state index contributed by atoms with van der Waals surface area (Å²) in [6.45, 7) is 4.31. The topological polar surface area (TPSA) is 79.3 Å². The highest BCUT2D eigenvalue weighted by Crippen LogP contribution is 2.10. The van der Waals surface area contributed by atoms with Crippen LogP contribution in [0.15, 0.2) is 18.3 Å². The molecule has 1 heterocycles. The molecule has 1 amide bonds. The molecule has 5 nitrogen and oxygen atoms in total. The van der Waals surface area contributed by atoms with Crippen LogP contribution >= 0.6 is 0 Å². The standard InChI is InChI=1S/C14H20N2O3/c1-10(2)5-3-4-6-13(17)16-12-9-11(14(18)19)7-8-15-12/h7-10H,3-6H2,1-2H3,(H,18,19)(H,15,16,17). The number of carboxylic acids is 1. The summed E-state index contributed by atoms with van der Waals surface area (Å²) < 4.78 is 0. The summed E-state index contributed by atoms with van der Waals surface area (Å²) >= 11 is 0. The summed E-state index contributed by atoms with van der Waals surface area (Å²) in [5, 5.41) is 11.4. The van der Waals surface area contributed by atoms with Crippen molar-refractivity contribution < 1.29 is 14.7 Å². The van der Waals surface area contributed by atoms with E-state index in [0.29, 0.717) is 12.3 Å². The van der Waals surface area contributed by atoms with E-state index in [0.717, 1.165) is 19.3 Å². The number of aromatic carboxylic acids is 1. The van der Waals surface area contributed by atoms with Gasteiger partial charge in [-0.15, -0.1) is 0 Å². The number of aromatic nitrogens is 1. The minimum absolute atomic E-state index is 0.116. The Morgan fingerprint density at radius 2 is 2.11 bits per heavy atom. The van der Waals surface area contributed by atoms with Crippen LogP contribution in [-0.2, 0) is 4.79 Å². The lowest BCUT2D eigenvalue weighted by atomic mass is 10.1. The molecule has 5 heteroatoms. The normalized spacial score (nSPS) is 10.5. The fourth-order valence-corrected chi connectivity index (χ4v) is 1.68. The first kappa shape index (κ1) is 15.1. The number of hydrogen-bond acceptors (Lipinski definition) is 3. The SMILES string of the molecule is CC(C)CCCCC(=O)Nc1cc(C(=O)O)ccn1. The van der Waals surface area contributed by atoms with Crippen LogP contribution in [0.1, 0.15) is 49.9 Å². The molecule has 0 aliphatic heterocycles. The molecule has 1 aromatic rings. The van der Waals surface area contributed by atoms with Gasteiger partial charge in [-0.3, -0.25) is 4.79 Å². The maximum absolute atomic E-state index is 11.6. The molecule has 0 bridgehead atoms. The quantitative estimate of drug-likeness (QED) is 0.742. The fourth-order valence-electron chi connectivity index (χ4n) is 1.68. The number of rotatable bonds is 7. The number of unbranched alkanes of at least 4 members (excludes halogenated alkanes) is 1. The third-order valence-electron chi connectivity index (χ3n) is 2.71. The van der Waals surface area contributed by atoms with E-state index < -0.39 is 5.97 Å². The monoisotopic (exact) mass is 264 g/mol. The number of pyridine rings is 1. The van der Waals surface area contributed by atoms with Crippen molar-refractivity contribution in [3.8, 4) is 0 Å². The van der Waals surface area contributed by atoms with Gasteiger partial charge in [-0.1, -0.05) is 26.7 Å². The number of carboxylic acid groups (broad SMARTS) is 1. The number of hydrogen-bond donors (Lipinski definition) is 2. The van der Waals surface area contributed by atoms with Crippen molar-refractivity contribution in [2.45, 2.75) is 39.5 Å². The summed E-state index contributed by atoms with van der Waals surface area (Å²) in [6.07, 6.45) is 4.78. The van der Waals surface area contributed by atoms with Crippen molar-refractivity contribution in [1.82, 2.24) is 4.98 Å². The lowest BCUT2D eigenvalue weighted by molar-refractivity contribution is -0.116. The first-order chi connectivity index (χ1) is 8.99. The van der Waals surface area contributed by atoms with Crippen LogP contribution in [0.3, 0.4) is 0 Å². The summed E-state index contributed by atoms with van der Waals surface area (Å²) in [4.78, 5) is 26.3. The van der Waals surface area contributed by atoms with E-state index >= 15 is 0 Å². The molecule has 0 radical (unpaired) electrons. The van der Waals surface area contributed by atoms with Crippen molar-refractivity contribution >= 4 is 17.7 Å². The minimum Gasteiger partial charge on any atom is -0.478 e. The molecule has 0 aliphatic rings. The van der Waals surface area contributed by atoms with E-state index in [-0.39, 0.29) is 17.3 Å². The van der Waals surface area contributed by atoms with Gasteiger partial charge in [-0.2, -0.15) is 0 Å². The lowest BCUT2D eigenvalue weighted by Crippen LogP contribution is -2.13. The van der Waals surface area contributed by atoms with Gasteiger partial charge in [0.1, 0.15) is 5.82 Å². The second-order valence-corrected chi connectivity index (χ2v) is 4.92. The molecule has 0 saturated carbocycles. The second-order valence-electron chi connectivity index (χ2n) is 4.92. The van der Waals surface area contributed by atoms with E-state index in [4.69, 9.17) is 5.11 Å². The predicted molar refractivity (Wildman–Crippen MR) is 73.1 cm³/mol. The summed E-state index contributed by atoms with van der Waals surface area (Å²) in [5.41, 5.74) is 0.116. The number of nitrogens with one attached hydrogen (secondary N) is 1. The van der Waals surface area contributed by atoms with Gasteiger partial charge in [0, 0.05) is 12.6 Å². The zero-order valence-electron chi connectivity index (χ0n) is 11.3. The van der Waals surface area contributed by atoms with Gasteiger partial charge in [0.05, 0.1) is 5.56 Å². The van der Waals surface area contributed by atoms with E-state index in [2.05, 4.69) is 24.1 Å². The molecule has 104 valence electrons. The van der Waals surface area contributed by atoms with Crippen molar-refractivity contribution in [3.05, 3.63) is 23.9 Å². The number of carbonyl (C=O) groups excluding carboxylic acids is 1. The van der Waals surface area contributed by atoms with Crippen LogP contribution in [0.5, 0.6) is 0 Å². The maximum atomic E-state index is 11.6. The number of amides is 1. The van der Waals surface area contributed by atoms with E-state index in [9.17, 15) is 9.59 Å². The summed E-state index contributed by atoms with van der Waals surface area (Å²) in [6, 6.07) is 2.75. The molecule has 0 aromatic carbocycles. The van der Waals surface area contributed by atoms with Crippen LogP contribution in [0, 0.1) is 5.92 Å². The fraction of sp³-hybridized carbons (Fsp3) is 0.500. The first-order valence-corrected chi connectivity index (χ1v) is 6.48. The molecule has 0 atom stereocenters. The molecule has 0 saturated heterocycles. The Hall–Kier alpha value is -1.91. The molecule has 19 heavy (non-hydrogen) atoms. The van der Waals surface area contributed by atoms with Crippen LogP contribution in [0.25, 0.3) is 0 Å². The van der Waals surface area contributed by atoms with Gasteiger partial charge in [0.15, 0.2) is 0 Å². The predicted octanol–water partition coefficient (Wildman–Crippen LogP) is 2.93. The largest absolute Gasteiger partial charge is 0.478 e. The summed E-state index contributed by atoms with van der Waals surface area (Å²) in [7, 11) is 0. The van der Waals surface area contributed by atoms with Crippen LogP contribution in [0.4, 0.5) is 5.82 Å². The van der Waals surface area contributed by atoms with Gasteiger partial charge < -0.3 is 10.4 Å². The Morgan fingerprint density at radius 1 is 1.37 bits per heavy atom. The third kappa shape index (κ3) is 5.99. The van der Waals surface area contributed by atoms with Crippen molar-refractivity contribution in [3.63, 3.8) is 0 Å². The molecule has 1 rings (SSSR count). The third-order valence-corrected chi connectivity index (χ3v) is 2.71. The van der Waals surface area contributed by atoms with E-state index in [1.165, 1.54) is 18.3 Å². The highest BCUT2D eigenvalue weighted by atomic mass is 16.4. The molecular formula is C14H20N2O3. The molecule has 0 unspecified atom stereocenters. The minimum atomic E-state index is -1.03. The van der Waals surface area contributed by atoms with E-state index in [1.54, 1.807) is 0 Å². The van der Waals surface area contributed by atoms with Crippen LogP contribution in [-0.4, -0.2) is 22.0 Å². The van der Waals surface area contributed by atoms with Crippen LogP contribution in [0.2, 0.25) is 0 Å². The van der Waals surface area contributed by atoms with Crippen molar-refractivity contribution in [2.24, 2.45) is 5.92 Å². The molecule has 0 aliphatic carbocycles. The van der Waals surface area contributed by atoms with Gasteiger partial charge in [0.25, 0.3) is 0 Å². The highest BCUT2D eigenvalue weighted by molar-refractivity contribution is 5.92.